The second-order valence-corrected chi connectivity index (χ2v) is 10.3. The summed E-state index contributed by atoms with van der Waals surface area (Å²) in [5.74, 6) is 0.0613. The summed E-state index contributed by atoms with van der Waals surface area (Å²) in [6.07, 6.45) is 6.75. The van der Waals surface area contributed by atoms with Crippen molar-refractivity contribution in [3.05, 3.63) is 23.8 Å². The van der Waals surface area contributed by atoms with Crippen molar-refractivity contribution in [2.24, 2.45) is 40.4 Å². The lowest BCUT2D eigenvalue weighted by molar-refractivity contribution is -0.142. The van der Waals surface area contributed by atoms with Gasteiger partial charge in [0.2, 0.25) is 0 Å². The highest BCUT2D eigenvalue weighted by molar-refractivity contribution is 6.21. The van der Waals surface area contributed by atoms with Crippen molar-refractivity contribution in [1.29, 1.82) is 0 Å². The molecule has 4 nitrogen and oxygen atoms in total. The van der Waals surface area contributed by atoms with Crippen LogP contribution >= 0.6 is 11.6 Å². The molecule has 0 bridgehead atoms. The van der Waals surface area contributed by atoms with Crippen LogP contribution in [-0.4, -0.2) is 39.9 Å². The second-order valence-electron chi connectivity index (χ2n) is 9.71. The predicted molar refractivity (Wildman–Crippen MR) is 103 cm³/mol. The molecule has 0 spiro atoms. The monoisotopic (exact) mass is 392 g/mol. The van der Waals surface area contributed by atoms with Gasteiger partial charge >= 0.3 is 0 Å². The number of hydrogen-bond donors (Lipinski definition) is 2. The van der Waals surface area contributed by atoms with Crippen molar-refractivity contribution < 1.29 is 19.8 Å². The minimum absolute atomic E-state index is 0.0111. The zero-order valence-electron chi connectivity index (χ0n) is 16.2. The lowest BCUT2D eigenvalue weighted by Crippen LogP contribution is -2.59. The minimum Gasteiger partial charge on any atom is -0.393 e. The Morgan fingerprint density at radius 2 is 2.07 bits per heavy atom. The third-order valence-electron chi connectivity index (χ3n) is 8.33. The molecule has 9 atom stereocenters. The Labute approximate surface area is 165 Å². The number of hydrogen-bond acceptors (Lipinski definition) is 4. The first-order valence-corrected chi connectivity index (χ1v) is 10.5. The van der Waals surface area contributed by atoms with E-state index in [0.29, 0.717) is 12.8 Å². The van der Waals surface area contributed by atoms with E-state index in [1.807, 2.05) is 6.08 Å². The molecule has 5 heteroatoms. The van der Waals surface area contributed by atoms with Gasteiger partial charge in [-0.2, -0.15) is 0 Å². The van der Waals surface area contributed by atoms with Gasteiger partial charge in [-0.25, -0.2) is 0 Å². The summed E-state index contributed by atoms with van der Waals surface area (Å²) in [7, 11) is 0. The second kappa shape index (κ2) is 6.27. The molecule has 3 unspecified atom stereocenters. The van der Waals surface area contributed by atoms with E-state index in [2.05, 4.69) is 20.8 Å². The molecular weight excluding hydrogens is 364 g/mol. The number of aliphatic hydroxyl groups excluding tert-OH is 2. The van der Waals surface area contributed by atoms with Gasteiger partial charge in [0.15, 0.2) is 11.6 Å². The molecule has 0 aromatic rings. The fourth-order valence-electron chi connectivity index (χ4n) is 7.39. The van der Waals surface area contributed by atoms with Crippen LogP contribution in [0.3, 0.4) is 0 Å². The first kappa shape index (κ1) is 19.4. The molecule has 0 amide bonds. The summed E-state index contributed by atoms with van der Waals surface area (Å²) in [6.45, 7) is 5.86. The van der Waals surface area contributed by atoms with Crippen LogP contribution in [-0.2, 0) is 9.59 Å². The van der Waals surface area contributed by atoms with Crippen LogP contribution < -0.4 is 0 Å². The van der Waals surface area contributed by atoms with Gasteiger partial charge in [0.25, 0.3) is 0 Å². The van der Waals surface area contributed by atoms with Gasteiger partial charge in [-0.3, -0.25) is 9.59 Å². The fourth-order valence-corrected chi connectivity index (χ4v) is 7.89. The number of fused-ring (bicyclic) bond motifs is 5. The molecule has 0 heterocycles. The SMILES string of the molecule is CC1C[C@H]2[C@@H]3C(Cl)CC4=CC(=O)C=C[C@]4(C)[C@H]3C(O)C[C@]2(C)[C@H]1C(=O)CO. The van der Waals surface area contributed by atoms with E-state index in [1.165, 1.54) is 0 Å². The number of halogens is 1. The zero-order valence-corrected chi connectivity index (χ0v) is 16.9. The fraction of sp³-hybridized carbons (Fsp3) is 0.727. The van der Waals surface area contributed by atoms with E-state index in [9.17, 15) is 19.8 Å². The van der Waals surface area contributed by atoms with Crippen LogP contribution in [0.15, 0.2) is 23.8 Å². The molecule has 0 radical (unpaired) electrons. The number of alkyl halides is 1. The summed E-state index contributed by atoms with van der Waals surface area (Å²) in [4.78, 5) is 24.4. The highest BCUT2D eigenvalue weighted by Gasteiger charge is 2.65. The van der Waals surface area contributed by atoms with E-state index in [-0.39, 0.29) is 57.4 Å². The van der Waals surface area contributed by atoms with Crippen LogP contribution in [0.4, 0.5) is 0 Å². The molecule has 4 rings (SSSR count). The Bertz CT molecular complexity index is 743. The van der Waals surface area contributed by atoms with E-state index in [0.717, 1.165) is 12.0 Å². The lowest BCUT2D eigenvalue weighted by atomic mass is 9.46. The maximum atomic E-state index is 12.5. The van der Waals surface area contributed by atoms with E-state index in [4.69, 9.17) is 11.6 Å². The van der Waals surface area contributed by atoms with Crippen LogP contribution in [0.2, 0.25) is 0 Å². The van der Waals surface area contributed by atoms with E-state index >= 15 is 0 Å². The normalized spacial score (nSPS) is 51.3. The topological polar surface area (TPSA) is 74.6 Å². The third-order valence-corrected chi connectivity index (χ3v) is 8.77. The largest absolute Gasteiger partial charge is 0.393 e. The maximum Gasteiger partial charge on any atom is 0.178 e. The number of aliphatic hydroxyl groups is 2. The molecule has 2 N–H and O–H groups in total. The smallest absolute Gasteiger partial charge is 0.178 e. The van der Waals surface area contributed by atoms with Gasteiger partial charge in [0, 0.05) is 22.6 Å². The van der Waals surface area contributed by atoms with Crippen LogP contribution in [0, 0.1) is 40.4 Å². The predicted octanol–water partition coefficient (Wildman–Crippen LogP) is 2.91. The standard InChI is InChI=1S/C22H29ClO4/c1-11-6-14-18-15(23)8-12-7-13(25)4-5-21(12,2)20(18)16(26)9-22(14,3)19(11)17(27)10-24/h4-5,7,11,14-16,18-20,24,26H,6,8-10H2,1-3H3/t11?,14-,15?,16?,18+,19+,20-,21-,22-/m0/s1. The first-order chi connectivity index (χ1) is 12.6. The Balaban J connectivity index is 1.78. The van der Waals surface area contributed by atoms with Crippen molar-refractivity contribution in [3.63, 3.8) is 0 Å². The molecule has 148 valence electrons. The number of carbonyl (C=O) groups excluding carboxylic acids is 2. The average Bonchev–Trinajstić information content (AvgIpc) is 2.85. The maximum absolute atomic E-state index is 12.5. The summed E-state index contributed by atoms with van der Waals surface area (Å²) in [5, 5.41) is 20.6. The molecule has 0 aromatic heterocycles. The highest BCUT2D eigenvalue weighted by atomic mass is 35.5. The quantitative estimate of drug-likeness (QED) is 0.708. The minimum atomic E-state index is -0.594. The zero-order chi connectivity index (χ0) is 19.7. The van der Waals surface area contributed by atoms with Crippen molar-refractivity contribution >= 4 is 23.2 Å². The molecule has 3 saturated carbocycles. The molecule has 0 aromatic carbocycles. The molecular formula is C22H29ClO4. The Hall–Kier alpha value is -0.970. The number of allylic oxidation sites excluding steroid dienone is 4. The van der Waals surface area contributed by atoms with E-state index in [1.54, 1.807) is 12.2 Å². The molecule has 3 fully saturated rings. The van der Waals surface area contributed by atoms with Crippen molar-refractivity contribution in [1.82, 2.24) is 0 Å². The first-order valence-electron chi connectivity index (χ1n) is 10.0. The highest BCUT2D eigenvalue weighted by Crippen LogP contribution is 2.67. The van der Waals surface area contributed by atoms with Crippen molar-refractivity contribution in [2.75, 3.05) is 6.61 Å². The number of carbonyl (C=O) groups is 2. The molecule has 27 heavy (non-hydrogen) atoms. The molecule has 0 aliphatic heterocycles. The summed E-state index contributed by atoms with van der Waals surface area (Å²) in [5.41, 5.74) is 0.305. The molecule has 0 saturated heterocycles. The average molecular weight is 393 g/mol. The van der Waals surface area contributed by atoms with E-state index < -0.39 is 12.7 Å². The Morgan fingerprint density at radius 3 is 2.74 bits per heavy atom. The Morgan fingerprint density at radius 1 is 1.37 bits per heavy atom. The van der Waals surface area contributed by atoms with Crippen LogP contribution in [0.1, 0.15) is 40.0 Å². The Kier molecular flexibility index (Phi) is 4.49. The number of rotatable bonds is 2. The van der Waals surface area contributed by atoms with Gasteiger partial charge in [-0.05, 0) is 54.6 Å². The summed E-state index contributed by atoms with van der Waals surface area (Å²) in [6, 6.07) is 0. The molecule has 4 aliphatic rings. The number of Topliss-reactive ketones (excluding diaryl/α,β-unsaturated/α-hetero) is 1. The van der Waals surface area contributed by atoms with Crippen molar-refractivity contribution in [2.45, 2.75) is 51.5 Å². The number of ketones is 2. The third kappa shape index (κ3) is 2.56. The van der Waals surface area contributed by atoms with Gasteiger partial charge in [-0.15, -0.1) is 11.6 Å². The van der Waals surface area contributed by atoms with Crippen molar-refractivity contribution in [3.8, 4) is 0 Å². The lowest BCUT2D eigenvalue weighted by Gasteiger charge is -2.60. The summed E-state index contributed by atoms with van der Waals surface area (Å²) >= 11 is 6.90. The van der Waals surface area contributed by atoms with Gasteiger partial charge < -0.3 is 10.2 Å². The van der Waals surface area contributed by atoms with Gasteiger partial charge in [0.05, 0.1) is 6.10 Å². The van der Waals surface area contributed by atoms with Crippen LogP contribution in [0.25, 0.3) is 0 Å². The van der Waals surface area contributed by atoms with Gasteiger partial charge in [0.1, 0.15) is 6.61 Å². The van der Waals surface area contributed by atoms with Gasteiger partial charge in [-0.1, -0.05) is 32.4 Å². The summed E-state index contributed by atoms with van der Waals surface area (Å²) < 4.78 is 0. The van der Waals surface area contributed by atoms with Crippen LogP contribution in [0.5, 0.6) is 0 Å². The molecule has 4 aliphatic carbocycles.